The molecule has 0 aliphatic rings. The number of esters is 2. The number of nitrogens with one attached hydrogen (secondary N) is 1. The van der Waals surface area contributed by atoms with Crippen molar-refractivity contribution in [2.24, 2.45) is 0 Å². The number of benzene rings is 2. The molecule has 1 unspecified atom stereocenters. The summed E-state index contributed by atoms with van der Waals surface area (Å²) in [5.74, 6) is -4.97. The molecule has 1 amide bonds. The monoisotopic (exact) mass is 717 g/mol. The third-order valence-electron chi connectivity index (χ3n) is 7.33. The molecule has 2 N–H and O–H groups in total. The first-order chi connectivity index (χ1) is 25.1. The highest BCUT2D eigenvalue weighted by molar-refractivity contribution is 5.95. The summed E-state index contributed by atoms with van der Waals surface area (Å²) in [6, 6.07) is 5.77. The van der Waals surface area contributed by atoms with E-state index >= 15 is 0 Å². The zero-order valence-corrected chi connectivity index (χ0v) is 29.9. The highest BCUT2D eigenvalue weighted by Crippen LogP contribution is 2.30. The van der Waals surface area contributed by atoms with Gasteiger partial charge in [-0.25, -0.2) is 18.4 Å². The van der Waals surface area contributed by atoms with E-state index in [0.717, 1.165) is 51.5 Å². The van der Waals surface area contributed by atoms with Gasteiger partial charge in [0, 0.05) is 25.0 Å². The van der Waals surface area contributed by atoms with E-state index in [0.29, 0.717) is 12.5 Å². The van der Waals surface area contributed by atoms with Crippen LogP contribution in [0.3, 0.4) is 0 Å². The number of ether oxygens (including phenoxy) is 2. The lowest BCUT2D eigenvalue weighted by Gasteiger charge is -2.15. The minimum atomic E-state index is -1.22. The maximum absolute atomic E-state index is 14.4. The van der Waals surface area contributed by atoms with Crippen molar-refractivity contribution in [1.29, 1.82) is 0 Å². The van der Waals surface area contributed by atoms with E-state index < -0.39 is 41.5 Å². The number of carboxylic acid groups (broad SMARTS) is 1. The van der Waals surface area contributed by atoms with Crippen LogP contribution in [0.25, 0.3) is 11.1 Å². The maximum atomic E-state index is 14.4. The molecule has 2 aromatic rings. The number of amides is 1. The predicted molar refractivity (Wildman–Crippen MR) is 200 cm³/mol. The van der Waals surface area contributed by atoms with Crippen LogP contribution in [0, 0.1) is 11.6 Å². The average molecular weight is 718 g/mol. The van der Waals surface area contributed by atoms with Crippen LogP contribution in [-0.2, 0) is 19.1 Å². The molecule has 0 aliphatic carbocycles. The number of aliphatic carboxylic acids is 1. The Labute approximate surface area is 305 Å². The Morgan fingerprint density at radius 1 is 0.788 bits per heavy atom. The lowest BCUT2D eigenvalue weighted by atomic mass is 10.0. The molecular weight excluding hydrogens is 668 g/mol. The Morgan fingerprint density at radius 3 is 1.90 bits per heavy atom. The molecule has 2 aromatic carbocycles. The molecule has 0 aromatic heterocycles. The van der Waals surface area contributed by atoms with Crippen LogP contribution < -0.4 is 10.1 Å². The van der Waals surface area contributed by atoms with Crippen molar-refractivity contribution in [2.45, 2.75) is 84.1 Å². The van der Waals surface area contributed by atoms with Crippen LogP contribution in [0.15, 0.2) is 109 Å². The van der Waals surface area contributed by atoms with E-state index in [1.165, 1.54) is 24.3 Å². The zero-order chi connectivity index (χ0) is 38.0. The second-order valence-electron chi connectivity index (χ2n) is 11.6. The number of rotatable bonds is 23. The summed E-state index contributed by atoms with van der Waals surface area (Å²) in [7, 11) is 0. The van der Waals surface area contributed by atoms with Gasteiger partial charge in [0.2, 0.25) is 5.91 Å². The van der Waals surface area contributed by atoms with E-state index in [1.807, 2.05) is 18.2 Å². The summed E-state index contributed by atoms with van der Waals surface area (Å²) in [6.45, 7) is 3.07. The molecule has 0 radical (unpaired) electrons. The van der Waals surface area contributed by atoms with E-state index in [1.54, 1.807) is 0 Å². The standard InChI is InChI=1S/C42H49F2NO7/c1-3-4-5-6-7-8-9-10-11-12-13-14-15-16-17-18-19-20-21-24-40(47)45-38(41(48)49)23-22-29-51-42(50)36-30-33(25-28-39(36)52-32(2)46)35-27-26-34(43)31-37(35)44/h4-5,7-8,10-11,13-14,16-17,19-20,25-28,30-31,38H,3,6,9,12,15,18,21-24,29H2,1-2H3,(H,45,47)(H,48,49). The largest absolute Gasteiger partial charge is 0.480 e. The number of carbonyl (C=O) groups is 4. The fourth-order valence-electron chi connectivity index (χ4n) is 4.73. The highest BCUT2D eigenvalue weighted by Gasteiger charge is 2.21. The van der Waals surface area contributed by atoms with Gasteiger partial charge in [-0.1, -0.05) is 85.9 Å². The molecule has 10 heteroatoms. The molecule has 0 heterocycles. The van der Waals surface area contributed by atoms with Crippen molar-refractivity contribution in [3.63, 3.8) is 0 Å². The molecule has 0 saturated heterocycles. The molecule has 52 heavy (non-hydrogen) atoms. The number of halogens is 2. The van der Waals surface area contributed by atoms with Crippen LogP contribution in [0.2, 0.25) is 0 Å². The Bertz CT molecular complexity index is 1640. The summed E-state index contributed by atoms with van der Waals surface area (Å²) >= 11 is 0. The summed E-state index contributed by atoms with van der Waals surface area (Å²) in [5, 5.41) is 12.1. The lowest BCUT2D eigenvalue weighted by Crippen LogP contribution is -2.40. The van der Waals surface area contributed by atoms with Gasteiger partial charge in [0.15, 0.2) is 0 Å². The van der Waals surface area contributed by atoms with Crippen LogP contribution in [-0.4, -0.2) is 41.6 Å². The van der Waals surface area contributed by atoms with E-state index in [-0.39, 0.29) is 48.3 Å². The predicted octanol–water partition coefficient (Wildman–Crippen LogP) is 9.54. The van der Waals surface area contributed by atoms with Crippen LogP contribution >= 0.6 is 0 Å². The van der Waals surface area contributed by atoms with Gasteiger partial charge in [0.1, 0.15) is 29.0 Å². The van der Waals surface area contributed by atoms with Crippen molar-refractivity contribution in [2.75, 3.05) is 6.61 Å². The first-order valence-corrected chi connectivity index (χ1v) is 17.5. The van der Waals surface area contributed by atoms with Crippen LogP contribution in [0.1, 0.15) is 88.4 Å². The number of carboxylic acids is 1. The molecule has 0 fully saturated rings. The minimum absolute atomic E-state index is 0.00804. The second kappa shape index (κ2) is 25.6. The molecule has 0 spiro atoms. The topological polar surface area (TPSA) is 119 Å². The lowest BCUT2D eigenvalue weighted by molar-refractivity contribution is -0.142. The van der Waals surface area contributed by atoms with Gasteiger partial charge < -0.3 is 19.9 Å². The number of hydrogen-bond donors (Lipinski definition) is 2. The fraction of sp³-hybridized carbons (Fsp3) is 0.333. The molecule has 278 valence electrons. The van der Waals surface area contributed by atoms with Gasteiger partial charge in [-0.05, 0) is 87.6 Å². The number of carbonyl (C=O) groups excluding carboxylic acids is 3. The van der Waals surface area contributed by atoms with E-state index in [4.69, 9.17) is 9.47 Å². The highest BCUT2D eigenvalue weighted by atomic mass is 19.1. The Kier molecular flexibility index (Phi) is 21.0. The zero-order valence-electron chi connectivity index (χ0n) is 29.9. The van der Waals surface area contributed by atoms with Gasteiger partial charge in [0.25, 0.3) is 0 Å². The van der Waals surface area contributed by atoms with Gasteiger partial charge in [-0.2, -0.15) is 0 Å². The Hall–Kier alpha value is -5.38. The fourth-order valence-corrected chi connectivity index (χ4v) is 4.73. The molecular formula is C42H49F2NO7. The molecule has 2 rings (SSSR count). The maximum Gasteiger partial charge on any atom is 0.341 e. The van der Waals surface area contributed by atoms with Crippen molar-refractivity contribution in [3.05, 3.63) is 127 Å². The van der Waals surface area contributed by atoms with E-state index in [2.05, 4.69) is 66.9 Å². The molecule has 0 bridgehead atoms. The third-order valence-corrected chi connectivity index (χ3v) is 7.33. The Balaban J connectivity index is 1.71. The van der Waals surface area contributed by atoms with Gasteiger partial charge in [0.05, 0.1) is 6.61 Å². The van der Waals surface area contributed by atoms with Gasteiger partial charge in [-0.15, -0.1) is 0 Å². The van der Waals surface area contributed by atoms with Gasteiger partial charge in [-0.3, -0.25) is 9.59 Å². The minimum Gasteiger partial charge on any atom is -0.480 e. The average Bonchev–Trinajstić information content (AvgIpc) is 3.10. The number of allylic oxidation sites excluding steroid dienone is 12. The van der Waals surface area contributed by atoms with Crippen LogP contribution in [0.4, 0.5) is 8.78 Å². The molecule has 0 aliphatic heterocycles. The third kappa shape index (κ3) is 18.0. The summed E-state index contributed by atoms with van der Waals surface area (Å²) in [4.78, 5) is 48.6. The molecule has 1 atom stereocenters. The normalized spacial score (nSPS) is 12.5. The summed E-state index contributed by atoms with van der Waals surface area (Å²) in [5.41, 5.74) is 0.0672. The molecule has 0 saturated carbocycles. The van der Waals surface area contributed by atoms with Gasteiger partial charge >= 0.3 is 17.9 Å². The van der Waals surface area contributed by atoms with Crippen molar-refractivity contribution in [3.8, 4) is 16.9 Å². The van der Waals surface area contributed by atoms with Crippen molar-refractivity contribution >= 4 is 23.8 Å². The van der Waals surface area contributed by atoms with Crippen molar-refractivity contribution < 1.29 is 42.5 Å². The van der Waals surface area contributed by atoms with Crippen LogP contribution in [0.5, 0.6) is 5.75 Å². The first-order valence-electron chi connectivity index (χ1n) is 17.5. The second-order valence-corrected chi connectivity index (χ2v) is 11.6. The quantitative estimate of drug-likeness (QED) is 0.0509. The smallest absolute Gasteiger partial charge is 0.341 e. The first kappa shape index (κ1) is 42.8. The SMILES string of the molecule is CCC=CCC=CCC=CCC=CCC=CCC=CCCC(=O)NC(CCCOC(=O)c1cc(-c2ccc(F)cc2F)ccc1OC(C)=O)C(=O)O. The van der Waals surface area contributed by atoms with Crippen molar-refractivity contribution in [1.82, 2.24) is 5.32 Å². The summed E-state index contributed by atoms with van der Waals surface area (Å²) in [6.07, 6.45) is 31.3. The Morgan fingerprint density at radius 2 is 1.37 bits per heavy atom. The number of hydrogen-bond acceptors (Lipinski definition) is 6. The van der Waals surface area contributed by atoms with E-state index in [9.17, 15) is 33.1 Å². The molecule has 8 nitrogen and oxygen atoms in total. The summed E-state index contributed by atoms with van der Waals surface area (Å²) < 4.78 is 38.1.